The molecule has 8 heteroatoms. The Labute approximate surface area is 136 Å². The maximum atomic E-state index is 11.4. The number of imide groups is 1. The fourth-order valence-corrected chi connectivity index (χ4v) is 1.78. The average molecular weight is 373 g/mol. The molecule has 1 aromatic carbocycles. The van der Waals surface area contributed by atoms with E-state index in [2.05, 4.69) is 21.2 Å². The highest BCUT2D eigenvalue weighted by atomic mass is 79.9. The molecular formula is C14H17BrN2O5. The monoisotopic (exact) mass is 372 g/mol. The number of esters is 1. The molecule has 0 heterocycles. The number of carbonyl (C=O) groups excluding carboxylic acids is 3. The lowest BCUT2D eigenvalue weighted by molar-refractivity contribution is -0.148. The van der Waals surface area contributed by atoms with Crippen molar-refractivity contribution in [3.63, 3.8) is 0 Å². The van der Waals surface area contributed by atoms with Crippen molar-refractivity contribution in [2.45, 2.75) is 12.8 Å². The number of benzene rings is 1. The molecule has 0 radical (unpaired) electrons. The van der Waals surface area contributed by atoms with Gasteiger partial charge in [-0.25, -0.2) is 4.79 Å². The molecule has 1 rings (SSSR count). The van der Waals surface area contributed by atoms with Crippen LogP contribution in [0.1, 0.15) is 12.8 Å². The number of rotatable bonds is 7. The van der Waals surface area contributed by atoms with Gasteiger partial charge in [0.1, 0.15) is 5.75 Å². The average Bonchev–Trinajstić information content (AvgIpc) is 2.49. The highest BCUT2D eigenvalue weighted by molar-refractivity contribution is 9.10. The van der Waals surface area contributed by atoms with Gasteiger partial charge in [-0.3, -0.25) is 14.9 Å². The summed E-state index contributed by atoms with van der Waals surface area (Å²) in [6, 6.07) is 6.71. The van der Waals surface area contributed by atoms with Crippen LogP contribution in [-0.2, 0) is 14.3 Å². The molecule has 0 aliphatic carbocycles. The first-order chi connectivity index (χ1) is 10.5. The van der Waals surface area contributed by atoms with Gasteiger partial charge < -0.3 is 14.8 Å². The van der Waals surface area contributed by atoms with Crippen LogP contribution < -0.4 is 15.4 Å². The smallest absolute Gasteiger partial charge is 0.321 e. The predicted octanol–water partition coefficient (Wildman–Crippen LogP) is 1.61. The number of hydrogen-bond donors (Lipinski definition) is 2. The van der Waals surface area contributed by atoms with E-state index < -0.39 is 24.5 Å². The summed E-state index contributed by atoms with van der Waals surface area (Å²) < 4.78 is 11.1. The van der Waals surface area contributed by atoms with E-state index in [9.17, 15) is 14.4 Å². The standard InChI is InChI=1S/C14H17BrN2O5/c1-16-14(20)17-12(18)9-22-13(19)6-3-7-21-11-5-2-4-10(15)8-11/h2,4-5,8H,3,6-7,9H2,1H3,(H2,16,17,18,20). The number of amides is 3. The zero-order valence-electron chi connectivity index (χ0n) is 12.1. The van der Waals surface area contributed by atoms with Gasteiger partial charge in [-0.15, -0.1) is 0 Å². The van der Waals surface area contributed by atoms with E-state index in [1.165, 1.54) is 7.05 Å². The molecule has 0 spiro atoms. The summed E-state index contributed by atoms with van der Waals surface area (Å²) in [4.78, 5) is 33.4. The molecule has 0 unspecified atom stereocenters. The van der Waals surface area contributed by atoms with Crippen LogP contribution in [-0.4, -0.2) is 38.2 Å². The van der Waals surface area contributed by atoms with Crippen molar-refractivity contribution >= 4 is 33.8 Å². The molecule has 0 aliphatic heterocycles. The van der Waals surface area contributed by atoms with Crippen LogP contribution >= 0.6 is 15.9 Å². The molecule has 0 fully saturated rings. The Balaban J connectivity index is 2.13. The molecule has 0 aromatic heterocycles. The minimum absolute atomic E-state index is 0.126. The molecule has 0 atom stereocenters. The largest absolute Gasteiger partial charge is 0.494 e. The van der Waals surface area contributed by atoms with Crippen molar-refractivity contribution in [3.8, 4) is 5.75 Å². The van der Waals surface area contributed by atoms with Crippen molar-refractivity contribution < 1.29 is 23.9 Å². The van der Waals surface area contributed by atoms with Gasteiger partial charge in [0.2, 0.25) is 0 Å². The number of nitrogens with one attached hydrogen (secondary N) is 2. The van der Waals surface area contributed by atoms with Gasteiger partial charge in [0.05, 0.1) is 6.61 Å². The summed E-state index contributed by atoms with van der Waals surface area (Å²) in [5, 5.41) is 4.20. The zero-order valence-corrected chi connectivity index (χ0v) is 13.6. The third kappa shape index (κ3) is 7.63. The van der Waals surface area contributed by atoms with E-state index in [1.807, 2.05) is 29.6 Å². The van der Waals surface area contributed by atoms with Gasteiger partial charge in [0.15, 0.2) is 6.61 Å². The minimum Gasteiger partial charge on any atom is -0.494 e. The fourth-order valence-electron chi connectivity index (χ4n) is 1.41. The highest BCUT2D eigenvalue weighted by Crippen LogP contribution is 2.17. The Bertz CT molecular complexity index is 536. The summed E-state index contributed by atoms with van der Waals surface area (Å²) >= 11 is 3.33. The summed E-state index contributed by atoms with van der Waals surface area (Å²) in [7, 11) is 1.37. The van der Waals surface area contributed by atoms with E-state index in [-0.39, 0.29) is 6.42 Å². The molecule has 0 saturated heterocycles. The minimum atomic E-state index is -0.682. The van der Waals surface area contributed by atoms with Crippen LogP contribution in [0.4, 0.5) is 4.79 Å². The van der Waals surface area contributed by atoms with Crippen LogP contribution in [0, 0.1) is 0 Å². The van der Waals surface area contributed by atoms with Crippen LogP contribution in [0.25, 0.3) is 0 Å². The van der Waals surface area contributed by atoms with Gasteiger partial charge in [-0.05, 0) is 24.6 Å². The Hall–Kier alpha value is -2.09. The number of carbonyl (C=O) groups is 3. The lowest BCUT2D eigenvalue weighted by Gasteiger charge is -2.07. The van der Waals surface area contributed by atoms with Gasteiger partial charge in [0.25, 0.3) is 5.91 Å². The van der Waals surface area contributed by atoms with E-state index in [0.717, 1.165) is 4.47 Å². The quantitative estimate of drug-likeness (QED) is 0.560. The van der Waals surface area contributed by atoms with Crippen molar-refractivity contribution in [2.24, 2.45) is 0 Å². The zero-order chi connectivity index (χ0) is 16.4. The molecule has 120 valence electrons. The Morgan fingerprint density at radius 2 is 2.05 bits per heavy atom. The van der Waals surface area contributed by atoms with Crippen LogP contribution in [0.3, 0.4) is 0 Å². The third-order valence-electron chi connectivity index (χ3n) is 2.43. The van der Waals surface area contributed by atoms with Crippen LogP contribution in [0.2, 0.25) is 0 Å². The maximum absolute atomic E-state index is 11.4. The first-order valence-electron chi connectivity index (χ1n) is 6.57. The predicted molar refractivity (Wildman–Crippen MR) is 82.4 cm³/mol. The van der Waals surface area contributed by atoms with E-state index in [1.54, 1.807) is 0 Å². The van der Waals surface area contributed by atoms with Gasteiger partial charge in [0, 0.05) is 17.9 Å². The maximum Gasteiger partial charge on any atom is 0.321 e. The summed E-state index contributed by atoms with van der Waals surface area (Å²) in [5.41, 5.74) is 0. The normalized spacial score (nSPS) is 9.73. The second-order valence-corrected chi connectivity index (χ2v) is 5.11. The molecule has 7 nitrogen and oxygen atoms in total. The topological polar surface area (TPSA) is 93.7 Å². The van der Waals surface area contributed by atoms with E-state index >= 15 is 0 Å². The van der Waals surface area contributed by atoms with E-state index in [4.69, 9.17) is 9.47 Å². The Morgan fingerprint density at radius 1 is 1.27 bits per heavy atom. The second-order valence-electron chi connectivity index (χ2n) is 4.20. The second kappa shape index (κ2) is 9.78. The summed E-state index contributed by atoms with van der Waals surface area (Å²) in [6.07, 6.45) is 0.587. The summed E-state index contributed by atoms with van der Waals surface area (Å²) in [5.74, 6) is -0.504. The first kappa shape index (κ1) is 18.0. The lowest BCUT2D eigenvalue weighted by atomic mass is 10.3. The fraction of sp³-hybridized carbons (Fsp3) is 0.357. The van der Waals surface area contributed by atoms with Crippen molar-refractivity contribution in [3.05, 3.63) is 28.7 Å². The molecule has 0 bridgehead atoms. The number of halogens is 1. The molecule has 22 heavy (non-hydrogen) atoms. The van der Waals surface area contributed by atoms with Crippen molar-refractivity contribution in [1.29, 1.82) is 0 Å². The van der Waals surface area contributed by atoms with Gasteiger partial charge in [-0.2, -0.15) is 0 Å². The molecule has 0 saturated carbocycles. The Morgan fingerprint density at radius 3 is 2.73 bits per heavy atom. The molecule has 1 aromatic rings. The van der Waals surface area contributed by atoms with Crippen LogP contribution in [0.5, 0.6) is 5.75 Å². The molecular weight excluding hydrogens is 356 g/mol. The third-order valence-corrected chi connectivity index (χ3v) is 2.93. The number of ether oxygens (including phenoxy) is 2. The number of urea groups is 1. The molecule has 0 aliphatic rings. The summed E-state index contributed by atoms with van der Waals surface area (Å²) in [6.45, 7) is -0.130. The molecule has 3 amide bonds. The molecule has 2 N–H and O–H groups in total. The van der Waals surface area contributed by atoms with Gasteiger partial charge in [-0.1, -0.05) is 22.0 Å². The van der Waals surface area contributed by atoms with Crippen LogP contribution in [0.15, 0.2) is 28.7 Å². The highest BCUT2D eigenvalue weighted by Gasteiger charge is 2.09. The Kier molecular flexibility index (Phi) is 7.98. The van der Waals surface area contributed by atoms with Gasteiger partial charge >= 0.3 is 12.0 Å². The van der Waals surface area contributed by atoms with Crippen molar-refractivity contribution in [1.82, 2.24) is 10.6 Å². The SMILES string of the molecule is CNC(=O)NC(=O)COC(=O)CCCOc1cccc(Br)c1. The first-order valence-corrected chi connectivity index (χ1v) is 7.36. The lowest BCUT2D eigenvalue weighted by Crippen LogP contribution is -2.39. The van der Waals surface area contributed by atoms with E-state index in [0.29, 0.717) is 18.8 Å². The van der Waals surface area contributed by atoms with Crippen molar-refractivity contribution in [2.75, 3.05) is 20.3 Å². The number of hydrogen-bond acceptors (Lipinski definition) is 5.